The number of hydrogen-bond donors (Lipinski definition) is 1. The smallest absolute Gasteiger partial charge is 0.0897 e. The summed E-state index contributed by atoms with van der Waals surface area (Å²) < 4.78 is 1.07. The normalized spacial score (nSPS) is 12.7. The van der Waals surface area contributed by atoms with E-state index in [1.54, 1.807) is 11.3 Å². The Kier molecular flexibility index (Phi) is 4.78. The Balaban J connectivity index is 2.25. The number of nitrogens with one attached hydrogen (secondary N) is 1. The van der Waals surface area contributed by atoms with Gasteiger partial charge in [0.25, 0.3) is 0 Å². The topological polar surface area (TPSA) is 24.9 Å². The molecule has 1 unspecified atom stereocenters. The van der Waals surface area contributed by atoms with Crippen molar-refractivity contribution in [2.24, 2.45) is 0 Å². The molecule has 1 heterocycles. The Morgan fingerprint density at radius 1 is 1.50 bits per heavy atom. The zero-order valence-corrected chi connectivity index (χ0v) is 13.4. The van der Waals surface area contributed by atoms with Gasteiger partial charge in [0, 0.05) is 27.3 Å². The van der Waals surface area contributed by atoms with E-state index in [-0.39, 0.29) is 6.04 Å². The van der Waals surface area contributed by atoms with Gasteiger partial charge >= 0.3 is 0 Å². The summed E-state index contributed by atoms with van der Waals surface area (Å²) in [5.74, 6) is 0. The molecule has 18 heavy (non-hydrogen) atoms. The number of nitrogens with zero attached hydrogens (tertiary/aromatic N) is 1. The van der Waals surface area contributed by atoms with Gasteiger partial charge in [-0.25, -0.2) is 4.98 Å². The fourth-order valence-corrected chi connectivity index (χ4v) is 3.19. The van der Waals surface area contributed by atoms with Gasteiger partial charge < -0.3 is 5.32 Å². The molecule has 1 N–H and O–H groups in total. The van der Waals surface area contributed by atoms with E-state index in [9.17, 15) is 0 Å². The van der Waals surface area contributed by atoms with E-state index in [0.717, 1.165) is 32.2 Å². The van der Waals surface area contributed by atoms with Crippen LogP contribution in [-0.4, -0.2) is 12.0 Å². The van der Waals surface area contributed by atoms with Crippen LogP contribution < -0.4 is 5.32 Å². The van der Waals surface area contributed by atoms with E-state index in [1.807, 2.05) is 32.2 Å². The van der Waals surface area contributed by atoms with Crippen LogP contribution in [0, 0.1) is 6.92 Å². The van der Waals surface area contributed by atoms with Crippen LogP contribution in [0.1, 0.15) is 22.3 Å². The van der Waals surface area contributed by atoms with E-state index < -0.39 is 0 Å². The minimum Gasteiger partial charge on any atom is -0.313 e. The molecule has 0 spiro atoms. The number of benzene rings is 1. The third-order valence-corrected chi connectivity index (χ3v) is 4.54. The Morgan fingerprint density at radius 3 is 2.89 bits per heavy atom. The lowest BCUT2D eigenvalue weighted by Crippen LogP contribution is -2.19. The van der Waals surface area contributed by atoms with Crippen molar-refractivity contribution in [1.29, 1.82) is 0 Å². The highest BCUT2D eigenvalue weighted by atomic mass is 79.9. The molecule has 2 nitrogen and oxygen atoms in total. The molecule has 0 radical (unpaired) electrons. The molecule has 5 heteroatoms. The monoisotopic (exact) mass is 344 g/mol. The Hall–Kier alpha value is -0.420. The van der Waals surface area contributed by atoms with Crippen molar-refractivity contribution in [3.05, 3.63) is 49.3 Å². The number of aryl methyl sites for hydroxylation is 1. The fraction of sp³-hybridized carbons (Fsp3) is 0.308. The molecule has 0 amide bonds. The third-order valence-electron chi connectivity index (χ3n) is 2.76. The average Bonchev–Trinajstić information content (AvgIpc) is 2.75. The number of likely N-dealkylation sites (N-methyl/N-ethyl adjacent to an activating group) is 1. The van der Waals surface area contributed by atoms with Crippen LogP contribution in [-0.2, 0) is 6.42 Å². The molecule has 96 valence electrons. The van der Waals surface area contributed by atoms with Crippen LogP contribution in [0.3, 0.4) is 0 Å². The molecule has 1 atom stereocenters. The molecule has 0 aliphatic heterocycles. The van der Waals surface area contributed by atoms with Gasteiger partial charge in [0.2, 0.25) is 0 Å². The maximum atomic E-state index is 6.06. The van der Waals surface area contributed by atoms with Crippen molar-refractivity contribution in [3.63, 3.8) is 0 Å². The molecule has 0 aliphatic rings. The van der Waals surface area contributed by atoms with Gasteiger partial charge in [-0.2, -0.15) is 0 Å². The number of thiazole rings is 1. The van der Waals surface area contributed by atoms with E-state index >= 15 is 0 Å². The van der Waals surface area contributed by atoms with Crippen LogP contribution in [0.4, 0.5) is 0 Å². The van der Waals surface area contributed by atoms with Crippen LogP contribution in [0.5, 0.6) is 0 Å². The molecule has 0 saturated carbocycles. The largest absolute Gasteiger partial charge is 0.313 e. The quantitative estimate of drug-likeness (QED) is 0.890. The molecule has 0 bridgehead atoms. The van der Waals surface area contributed by atoms with E-state index in [0.29, 0.717) is 0 Å². The molecule has 1 aromatic carbocycles. The summed E-state index contributed by atoms with van der Waals surface area (Å²) in [5.41, 5.74) is 2.28. The predicted octanol–water partition coefficient (Wildman–Crippen LogP) is 4.37. The van der Waals surface area contributed by atoms with Crippen LogP contribution >= 0.6 is 38.9 Å². The van der Waals surface area contributed by atoms with Crippen molar-refractivity contribution in [1.82, 2.24) is 10.3 Å². The standard InChI is InChI=1S/C13H14BrClN2S/c1-8-17-10(7-18-8)6-13(16-2)11-5-9(15)3-4-12(11)14/h3-5,7,13,16H,6H2,1-2H3. The second-order valence-corrected chi connectivity index (χ2v) is 6.42. The van der Waals surface area contributed by atoms with Gasteiger partial charge in [-0.15, -0.1) is 11.3 Å². The highest BCUT2D eigenvalue weighted by Gasteiger charge is 2.15. The van der Waals surface area contributed by atoms with Crippen LogP contribution in [0.15, 0.2) is 28.1 Å². The Bertz CT molecular complexity index is 542. The van der Waals surface area contributed by atoms with Crippen molar-refractivity contribution in [3.8, 4) is 0 Å². The second kappa shape index (κ2) is 6.15. The average molecular weight is 346 g/mol. The first-order valence-corrected chi connectivity index (χ1v) is 7.68. The summed E-state index contributed by atoms with van der Waals surface area (Å²) in [6.07, 6.45) is 0.861. The number of halogens is 2. The van der Waals surface area contributed by atoms with Gasteiger partial charge in [0.15, 0.2) is 0 Å². The van der Waals surface area contributed by atoms with Gasteiger partial charge in [-0.1, -0.05) is 27.5 Å². The van der Waals surface area contributed by atoms with E-state index in [2.05, 4.69) is 31.6 Å². The SMILES string of the molecule is CNC(Cc1csc(C)n1)c1cc(Cl)ccc1Br. The number of aromatic nitrogens is 1. The van der Waals surface area contributed by atoms with E-state index in [1.165, 1.54) is 0 Å². The molecular formula is C13H14BrClN2S. The van der Waals surface area contributed by atoms with E-state index in [4.69, 9.17) is 11.6 Å². The summed E-state index contributed by atoms with van der Waals surface area (Å²) in [6, 6.07) is 6.06. The fourth-order valence-electron chi connectivity index (χ4n) is 1.86. The van der Waals surface area contributed by atoms with Gasteiger partial charge in [-0.3, -0.25) is 0 Å². The maximum absolute atomic E-state index is 6.06. The first-order chi connectivity index (χ1) is 8.60. The summed E-state index contributed by atoms with van der Waals surface area (Å²) in [5, 5.41) is 7.28. The van der Waals surface area contributed by atoms with Crippen molar-refractivity contribution < 1.29 is 0 Å². The van der Waals surface area contributed by atoms with Crippen molar-refractivity contribution >= 4 is 38.9 Å². The Morgan fingerprint density at radius 2 is 2.28 bits per heavy atom. The first-order valence-electron chi connectivity index (χ1n) is 5.63. The summed E-state index contributed by atoms with van der Waals surface area (Å²) in [6.45, 7) is 2.03. The molecular weight excluding hydrogens is 332 g/mol. The maximum Gasteiger partial charge on any atom is 0.0897 e. The molecule has 2 aromatic rings. The summed E-state index contributed by atoms with van der Waals surface area (Å²) in [4.78, 5) is 4.51. The molecule has 0 aliphatic carbocycles. The van der Waals surface area contributed by atoms with Crippen LogP contribution in [0.2, 0.25) is 5.02 Å². The molecule has 1 aromatic heterocycles. The minimum absolute atomic E-state index is 0.208. The molecule has 0 saturated heterocycles. The summed E-state index contributed by atoms with van der Waals surface area (Å²) in [7, 11) is 1.96. The highest BCUT2D eigenvalue weighted by Crippen LogP contribution is 2.29. The van der Waals surface area contributed by atoms with Gasteiger partial charge in [-0.05, 0) is 37.7 Å². The lowest BCUT2D eigenvalue weighted by Gasteiger charge is -2.17. The summed E-state index contributed by atoms with van der Waals surface area (Å²) >= 11 is 11.3. The minimum atomic E-state index is 0.208. The molecule has 2 rings (SSSR count). The second-order valence-electron chi connectivity index (χ2n) is 4.07. The zero-order chi connectivity index (χ0) is 13.1. The first kappa shape index (κ1) is 14.0. The third kappa shape index (κ3) is 3.32. The van der Waals surface area contributed by atoms with Gasteiger partial charge in [0.1, 0.15) is 0 Å². The highest BCUT2D eigenvalue weighted by molar-refractivity contribution is 9.10. The Labute approximate surface area is 125 Å². The van der Waals surface area contributed by atoms with Crippen molar-refractivity contribution in [2.75, 3.05) is 7.05 Å². The lowest BCUT2D eigenvalue weighted by molar-refractivity contribution is 0.583. The van der Waals surface area contributed by atoms with Gasteiger partial charge in [0.05, 0.1) is 10.7 Å². The van der Waals surface area contributed by atoms with Crippen LogP contribution in [0.25, 0.3) is 0 Å². The number of hydrogen-bond acceptors (Lipinski definition) is 3. The number of rotatable bonds is 4. The predicted molar refractivity (Wildman–Crippen MR) is 81.5 cm³/mol. The van der Waals surface area contributed by atoms with Crippen molar-refractivity contribution in [2.45, 2.75) is 19.4 Å². The zero-order valence-electron chi connectivity index (χ0n) is 10.2. The molecule has 0 fully saturated rings. The lowest BCUT2D eigenvalue weighted by atomic mass is 10.0.